The SMILES string of the molecule is CCC(Oc1ccc(C)cc1)C(=O)Nc1ccc(F)cc1F. The number of hydrogen-bond donors (Lipinski definition) is 1. The zero-order valence-electron chi connectivity index (χ0n) is 12.4. The van der Waals surface area contributed by atoms with E-state index in [4.69, 9.17) is 4.74 Å². The highest BCUT2D eigenvalue weighted by Gasteiger charge is 2.19. The number of carbonyl (C=O) groups is 1. The van der Waals surface area contributed by atoms with Gasteiger partial charge >= 0.3 is 0 Å². The van der Waals surface area contributed by atoms with Crippen molar-refractivity contribution in [3.63, 3.8) is 0 Å². The molecule has 0 aliphatic carbocycles. The number of carbonyl (C=O) groups excluding carboxylic acids is 1. The Bertz CT molecular complexity index is 656. The van der Waals surface area contributed by atoms with Gasteiger partial charge in [0, 0.05) is 6.07 Å². The van der Waals surface area contributed by atoms with Crippen LogP contribution in [-0.2, 0) is 4.79 Å². The van der Waals surface area contributed by atoms with Crippen LogP contribution in [0.15, 0.2) is 42.5 Å². The van der Waals surface area contributed by atoms with Gasteiger partial charge in [-0.15, -0.1) is 0 Å². The number of halogens is 2. The Balaban J connectivity index is 2.06. The number of aryl methyl sites for hydroxylation is 1. The third kappa shape index (κ3) is 4.04. The van der Waals surface area contributed by atoms with Gasteiger partial charge < -0.3 is 10.1 Å². The minimum atomic E-state index is -0.821. The fraction of sp³-hybridized carbons (Fsp3) is 0.235. The topological polar surface area (TPSA) is 38.3 Å². The van der Waals surface area contributed by atoms with Crippen LogP contribution >= 0.6 is 0 Å². The maximum absolute atomic E-state index is 13.6. The lowest BCUT2D eigenvalue weighted by Crippen LogP contribution is -2.32. The molecule has 0 aliphatic rings. The predicted octanol–water partition coefficient (Wildman–Crippen LogP) is 4.07. The lowest BCUT2D eigenvalue weighted by atomic mass is 10.2. The molecule has 0 saturated heterocycles. The van der Waals surface area contributed by atoms with Crippen molar-refractivity contribution in [3.05, 3.63) is 59.7 Å². The van der Waals surface area contributed by atoms with Gasteiger partial charge in [0.15, 0.2) is 6.10 Å². The Morgan fingerprint density at radius 2 is 1.86 bits per heavy atom. The van der Waals surface area contributed by atoms with E-state index in [0.29, 0.717) is 12.2 Å². The third-order valence-electron chi connectivity index (χ3n) is 3.15. The summed E-state index contributed by atoms with van der Waals surface area (Å²) in [6.07, 6.45) is -0.338. The average molecular weight is 305 g/mol. The summed E-state index contributed by atoms with van der Waals surface area (Å²) in [6.45, 7) is 3.74. The summed E-state index contributed by atoms with van der Waals surface area (Å²) < 4.78 is 32.0. The summed E-state index contributed by atoms with van der Waals surface area (Å²) in [6, 6.07) is 10.3. The molecule has 2 rings (SSSR count). The molecule has 0 aromatic heterocycles. The number of benzene rings is 2. The molecule has 2 aromatic rings. The monoisotopic (exact) mass is 305 g/mol. The number of anilines is 1. The highest BCUT2D eigenvalue weighted by Crippen LogP contribution is 2.18. The molecule has 0 aliphatic heterocycles. The summed E-state index contributed by atoms with van der Waals surface area (Å²) in [7, 11) is 0. The number of hydrogen-bond acceptors (Lipinski definition) is 2. The van der Waals surface area contributed by atoms with Crippen LogP contribution in [0.5, 0.6) is 5.75 Å². The second-order valence-electron chi connectivity index (χ2n) is 4.94. The lowest BCUT2D eigenvalue weighted by Gasteiger charge is -2.17. The van der Waals surface area contributed by atoms with Crippen molar-refractivity contribution in [2.24, 2.45) is 0 Å². The van der Waals surface area contributed by atoms with E-state index in [2.05, 4.69) is 5.32 Å². The fourth-order valence-corrected chi connectivity index (χ4v) is 1.91. The van der Waals surface area contributed by atoms with Crippen LogP contribution in [0.25, 0.3) is 0 Å². The maximum Gasteiger partial charge on any atom is 0.265 e. The van der Waals surface area contributed by atoms with Gasteiger partial charge in [-0.25, -0.2) is 8.78 Å². The summed E-state index contributed by atoms with van der Waals surface area (Å²) in [5.74, 6) is -1.43. The Morgan fingerprint density at radius 1 is 1.18 bits per heavy atom. The molecule has 5 heteroatoms. The Kier molecular flexibility index (Phi) is 5.09. The van der Waals surface area contributed by atoms with E-state index in [1.165, 1.54) is 6.07 Å². The summed E-state index contributed by atoms with van der Waals surface area (Å²) in [5, 5.41) is 2.41. The van der Waals surface area contributed by atoms with Crippen molar-refractivity contribution in [2.75, 3.05) is 5.32 Å². The van der Waals surface area contributed by atoms with Gasteiger partial charge in [-0.2, -0.15) is 0 Å². The molecule has 1 atom stereocenters. The molecule has 1 amide bonds. The van der Waals surface area contributed by atoms with Crippen LogP contribution in [0.1, 0.15) is 18.9 Å². The smallest absolute Gasteiger partial charge is 0.265 e. The van der Waals surface area contributed by atoms with Crippen molar-refractivity contribution in [3.8, 4) is 5.75 Å². The molecule has 0 bridgehead atoms. The van der Waals surface area contributed by atoms with Gasteiger partial charge in [0.2, 0.25) is 0 Å². The molecule has 1 unspecified atom stereocenters. The lowest BCUT2D eigenvalue weighted by molar-refractivity contribution is -0.122. The summed E-state index contributed by atoms with van der Waals surface area (Å²) >= 11 is 0. The first-order valence-corrected chi connectivity index (χ1v) is 6.99. The third-order valence-corrected chi connectivity index (χ3v) is 3.15. The van der Waals surface area contributed by atoms with Crippen LogP contribution in [0.2, 0.25) is 0 Å². The highest BCUT2D eigenvalue weighted by molar-refractivity contribution is 5.94. The van der Waals surface area contributed by atoms with E-state index in [9.17, 15) is 13.6 Å². The largest absolute Gasteiger partial charge is 0.481 e. The first kappa shape index (κ1) is 15.9. The van der Waals surface area contributed by atoms with Gasteiger partial charge in [0.25, 0.3) is 5.91 Å². The van der Waals surface area contributed by atoms with E-state index in [1.807, 2.05) is 19.1 Å². The van der Waals surface area contributed by atoms with Crippen molar-refractivity contribution in [2.45, 2.75) is 26.4 Å². The highest BCUT2D eigenvalue weighted by atomic mass is 19.1. The minimum absolute atomic E-state index is 0.0719. The van der Waals surface area contributed by atoms with Gasteiger partial charge in [-0.3, -0.25) is 4.79 Å². The average Bonchev–Trinajstić information content (AvgIpc) is 2.49. The standard InChI is InChI=1S/C17H17F2NO2/c1-3-16(22-13-7-4-11(2)5-8-13)17(21)20-15-9-6-12(18)10-14(15)19/h4-10,16H,3H2,1-2H3,(H,20,21). The van der Waals surface area contributed by atoms with Crippen molar-refractivity contribution in [1.29, 1.82) is 0 Å². The van der Waals surface area contributed by atoms with Crippen LogP contribution in [0, 0.1) is 18.6 Å². The molecule has 1 N–H and O–H groups in total. The number of ether oxygens (including phenoxy) is 1. The molecule has 2 aromatic carbocycles. The van der Waals surface area contributed by atoms with Crippen molar-refractivity contribution < 1.29 is 18.3 Å². The molecule has 0 radical (unpaired) electrons. The first-order valence-electron chi connectivity index (χ1n) is 6.99. The van der Waals surface area contributed by atoms with Gasteiger partial charge in [-0.1, -0.05) is 24.6 Å². The van der Waals surface area contributed by atoms with Crippen molar-refractivity contribution in [1.82, 2.24) is 0 Å². The van der Waals surface area contributed by atoms with Crippen LogP contribution < -0.4 is 10.1 Å². The van der Waals surface area contributed by atoms with E-state index in [-0.39, 0.29) is 5.69 Å². The summed E-state index contributed by atoms with van der Waals surface area (Å²) in [4.78, 5) is 12.2. The number of rotatable bonds is 5. The zero-order chi connectivity index (χ0) is 16.1. The minimum Gasteiger partial charge on any atom is -0.481 e. The van der Waals surface area contributed by atoms with Crippen LogP contribution in [0.3, 0.4) is 0 Å². The molecular formula is C17H17F2NO2. The molecular weight excluding hydrogens is 288 g/mol. The van der Waals surface area contributed by atoms with E-state index in [1.54, 1.807) is 19.1 Å². The van der Waals surface area contributed by atoms with E-state index < -0.39 is 23.6 Å². The zero-order valence-corrected chi connectivity index (χ0v) is 12.4. The van der Waals surface area contributed by atoms with E-state index >= 15 is 0 Å². The maximum atomic E-state index is 13.6. The van der Waals surface area contributed by atoms with Gasteiger partial charge in [0.1, 0.15) is 17.4 Å². The molecule has 3 nitrogen and oxygen atoms in total. The number of amides is 1. The Hall–Kier alpha value is -2.43. The number of nitrogens with one attached hydrogen (secondary N) is 1. The predicted molar refractivity (Wildman–Crippen MR) is 80.9 cm³/mol. The normalized spacial score (nSPS) is 11.8. The Morgan fingerprint density at radius 3 is 2.45 bits per heavy atom. The van der Waals surface area contributed by atoms with E-state index in [0.717, 1.165) is 17.7 Å². The molecule has 0 spiro atoms. The molecule has 22 heavy (non-hydrogen) atoms. The second-order valence-corrected chi connectivity index (χ2v) is 4.94. The molecule has 116 valence electrons. The fourth-order valence-electron chi connectivity index (χ4n) is 1.91. The van der Waals surface area contributed by atoms with Gasteiger partial charge in [0.05, 0.1) is 5.69 Å². The van der Waals surface area contributed by atoms with Crippen molar-refractivity contribution >= 4 is 11.6 Å². The second kappa shape index (κ2) is 7.02. The summed E-state index contributed by atoms with van der Waals surface area (Å²) in [5.41, 5.74) is 1.01. The molecule has 0 heterocycles. The van der Waals surface area contributed by atoms with Crippen LogP contribution in [0.4, 0.5) is 14.5 Å². The molecule has 0 saturated carbocycles. The quantitative estimate of drug-likeness (QED) is 0.904. The first-order chi connectivity index (χ1) is 10.5. The van der Waals surface area contributed by atoms with Crippen LogP contribution in [-0.4, -0.2) is 12.0 Å². The molecule has 0 fully saturated rings. The van der Waals surface area contributed by atoms with Gasteiger partial charge in [-0.05, 0) is 37.6 Å². The Labute approximate surface area is 127 Å².